The molecular formula is C11H9FN2O3. The zero-order chi connectivity index (χ0) is 12.3. The third kappa shape index (κ3) is 2.41. The van der Waals surface area contributed by atoms with E-state index in [4.69, 9.17) is 4.52 Å². The molecule has 0 saturated heterocycles. The molecule has 2 N–H and O–H groups in total. The molecule has 2 rings (SSSR count). The Bertz CT molecular complexity index is 505. The molecule has 5 nitrogen and oxygen atoms in total. The zero-order valence-corrected chi connectivity index (χ0v) is 8.68. The van der Waals surface area contributed by atoms with Crippen molar-refractivity contribution in [3.8, 4) is 5.75 Å². The number of benzene rings is 1. The fraction of sp³-hybridized carbons (Fsp3) is 0.0909. The van der Waals surface area contributed by atoms with Gasteiger partial charge in [-0.05, 0) is 12.1 Å². The van der Waals surface area contributed by atoms with Crippen molar-refractivity contribution in [2.75, 3.05) is 0 Å². The van der Waals surface area contributed by atoms with Gasteiger partial charge in [0.25, 0.3) is 5.91 Å². The molecule has 0 atom stereocenters. The number of phenols is 1. The van der Waals surface area contributed by atoms with Crippen LogP contribution in [0, 0.1) is 5.82 Å². The van der Waals surface area contributed by atoms with E-state index in [1.807, 2.05) is 0 Å². The highest BCUT2D eigenvalue weighted by Gasteiger charge is 2.16. The fourth-order valence-electron chi connectivity index (χ4n) is 1.33. The van der Waals surface area contributed by atoms with Gasteiger partial charge < -0.3 is 14.9 Å². The normalized spacial score (nSPS) is 10.2. The van der Waals surface area contributed by atoms with Gasteiger partial charge in [0, 0.05) is 6.07 Å². The monoisotopic (exact) mass is 236 g/mol. The number of carbonyl (C=O) groups excluding carboxylic acids is 1. The van der Waals surface area contributed by atoms with Crippen LogP contribution < -0.4 is 5.32 Å². The van der Waals surface area contributed by atoms with E-state index in [9.17, 15) is 14.3 Å². The van der Waals surface area contributed by atoms with Crippen molar-refractivity contribution in [2.45, 2.75) is 6.54 Å². The van der Waals surface area contributed by atoms with Crippen LogP contribution in [0.3, 0.4) is 0 Å². The minimum atomic E-state index is -0.778. The molecule has 1 aromatic heterocycles. The van der Waals surface area contributed by atoms with Crippen LogP contribution in [0.4, 0.5) is 4.39 Å². The van der Waals surface area contributed by atoms with Crippen LogP contribution in [-0.4, -0.2) is 16.2 Å². The maximum Gasteiger partial charge on any atom is 0.258 e. The first-order valence-electron chi connectivity index (χ1n) is 4.83. The second-order valence-electron chi connectivity index (χ2n) is 3.30. The van der Waals surface area contributed by atoms with Crippen LogP contribution in [-0.2, 0) is 6.54 Å². The molecule has 2 aromatic rings. The minimum Gasteiger partial charge on any atom is -0.507 e. The average Bonchev–Trinajstić information content (AvgIpc) is 2.79. The number of halogens is 1. The van der Waals surface area contributed by atoms with Crippen LogP contribution in [0.1, 0.15) is 16.1 Å². The third-order valence-electron chi connectivity index (χ3n) is 2.13. The summed E-state index contributed by atoms with van der Waals surface area (Å²) < 4.78 is 18.1. The van der Waals surface area contributed by atoms with E-state index in [0.29, 0.717) is 5.76 Å². The Morgan fingerprint density at radius 3 is 2.94 bits per heavy atom. The first kappa shape index (κ1) is 11.1. The van der Waals surface area contributed by atoms with Gasteiger partial charge in [-0.25, -0.2) is 4.39 Å². The van der Waals surface area contributed by atoms with E-state index in [2.05, 4.69) is 10.5 Å². The number of nitrogens with zero attached hydrogens (tertiary/aromatic N) is 1. The van der Waals surface area contributed by atoms with Gasteiger partial charge in [-0.1, -0.05) is 11.2 Å². The number of phenolic OH excluding ortho intramolecular Hbond substituents is 1. The molecule has 0 radical (unpaired) electrons. The summed E-state index contributed by atoms with van der Waals surface area (Å²) in [5.41, 5.74) is -0.382. The highest BCUT2D eigenvalue weighted by Crippen LogP contribution is 2.19. The zero-order valence-electron chi connectivity index (χ0n) is 8.68. The molecule has 0 saturated carbocycles. The van der Waals surface area contributed by atoms with Crippen LogP contribution >= 0.6 is 0 Å². The Balaban J connectivity index is 2.10. The second kappa shape index (κ2) is 4.65. The van der Waals surface area contributed by atoms with E-state index in [1.54, 1.807) is 6.07 Å². The second-order valence-corrected chi connectivity index (χ2v) is 3.30. The van der Waals surface area contributed by atoms with E-state index in [1.165, 1.54) is 18.3 Å². The predicted octanol–water partition coefficient (Wildman–Crippen LogP) is 1.45. The fourth-order valence-corrected chi connectivity index (χ4v) is 1.33. The van der Waals surface area contributed by atoms with Crippen LogP contribution in [0.5, 0.6) is 5.75 Å². The molecule has 0 spiro atoms. The maximum atomic E-state index is 13.3. The van der Waals surface area contributed by atoms with Gasteiger partial charge in [-0.2, -0.15) is 0 Å². The number of aromatic nitrogens is 1. The summed E-state index contributed by atoms with van der Waals surface area (Å²) in [6.07, 6.45) is 1.43. The van der Waals surface area contributed by atoms with Gasteiger partial charge in [-0.15, -0.1) is 0 Å². The van der Waals surface area contributed by atoms with E-state index in [0.717, 1.165) is 6.07 Å². The molecule has 0 unspecified atom stereocenters. The topological polar surface area (TPSA) is 75.4 Å². The van der Waals surface area contributed by atoms with E-state index >= 15 is 0 Å². The molecule has 88 valence electrons. The lowest BCUT2D eigenvalue weighted by Gasteiger charge is -2.05. The summed E-state index contributed by atoms with van der Waals surface area (Å²) >= 11 is 0. The number of hydrogen-bond acceptors (Lipinski definition) is 4. The Morgan fingerprint density at radius 2 is 2.29 bits per heavy atom. The maximum absolute atomic E-state index is 13.3. The number of aromatic hydroxyl groups is 1. The largest absolute Gasteiger partial charge is 0.507 e. The molecule has 0 aliphatic carbocycles. The first-order chi connectivity index (χ1) is 8.18. The van der Waals surface area contributed by atoms with Crippen molar-refractivity contribution >= 4 is 5.91 Å². The quantitative estimate of drug-likeness (QED) is 0.845. The SMILES string of the molecule is O=C(NCc1ccno1)c1c(O)cccc1F. The van der Waals surface area contributed by atoms with Gasteiger partial charge in [0.2, 0.25) is 0 Å². The standard InChI is InChI=1S/C11H9FN2O3/c12-8-2-1-3-9(15)10(8)11(16)13-6-7-4-5-14-17-7/h1-5,15H,6H2,(H,13,16). The number of hydrogen-bond donors (Lipinski definition) is 2. The Labute approximate surface area is 95.9 Å². The van der Waals surface area contributed by atoms with E-state index < -0.39 is 17.5 Å². The summed E-state index contributed by atoms with van der Waals surface area (Å²) in [7, 11) is 0. The van der Waals surface area contributed by atoms with Crippen molar-refractivity contribution in [2.24, 2.45) is 0 Å². The van der Waals surface area contributed by atoms with Gasteiger partial charge in [0.1, 0.15) is 17.1 Å². The molecule has 0 aliphatic rings. The average molecular weight is 236 g/mol. The molecular weight excluding hydrogens is 227 g/mol. The van der Waals surface area contributed by atoms with Gasteiger partial charge in [0.15, 0.2) is 5.76 Å². The van der Waals surface area contributed by atoms with Gasteiger partial charge in [0.05, 0.1) is 12.7 Å². The summed E-state index contributed by atoms with van der Waals surface area (Å²) in [5, 5.41) is 15.3. The van der Waals surface area contributed by atoms with Gasteiger partial charge >= 0.3 is 0 Å². The Kier molecular flexibility index (Phi) is 3.04. The lowest BCUT2D eigenvalue weighted by molar-refractivity contribution is 0.0940. The minimum absolute atomic E-state index is 0.0760. The van der Waals surface area contributed by atoms with Crippen molar-refractivity contribution < 1.29 is 18.8 Å². The lowest BCUT2D eigenvalue weighted by atomic mass is 10.1. The molecule has 6 heteroatoms. The van der Waals surface area contributed by atoms with Crippen molar-refractivity contribution in [3.63, 3.8) is 0 Å². The third-order valence-corrected chi connectivity index (χ3v) is 2.13. The van der Waals surface area contributed by atoms with Gasteiger partial charge in [-0.3, -0.25) is 4.79 Å². The highest BCUT2D eigenvalue weighted by molar-refractivity contribution is 5.96. The summed E-state index contributed by atoms with van der Waals surface area (Å²) in [5.74, 6) is -1.45. The Morgan fingerprint density at radius 1 is 1.47 bits per heavy atom. The first-order valence-corrected chi connectivity index (χ1v) is 4.83. The Hall–Kier alpha value is -2.37. The number of amides is 1. The number of nitrogens with one attached hydrogen (secondary N) is 1. The van der Waals surface area contributed by atoms with Crippen molar-refractivity contribution in [1.29, 1.82) is 0 Å². The van der Waals surface area contributed by atoms with Crippen molar-refractivity contribution in [3.05, 3.63) is 47.6 Å². The number of rotatable bonds is 3. The molecule has 1 aromatic carbocycles. The van der Waals surface area contributed by atoms with Crippen molar-refractivity contribution in [1.82, 2.24) is 10.5 Å². The van der Waals surface area contributed by atoms with Crippen LogP contribution in [0.25, 0.3) is 0 Å². The molecule has 1 heterocycles. The smallest absolute Gasteiger partial charge is 0.258 e. The van der Waals surface area contributed by atoms with E-state index in [-0.39, 0.29) is 12.1 Å². The number of carbonyl (C=O) groups is 1. The predicted molar refractivity (Wildman–Crippen MR) is 55.7 cm³/mol. The molecule has 0 bridgehead atoms. The summed E-state index contributed by atoms with van der Waals surface area (Å²) in [6.45, 7) is 0.0760. The highest BCUT2D eigenvalue weighted by atomic mass is 19.1. The summed E-state index contributed by atoms with van der Waals surface area (Å²) in [4.78, 5) is 11.6. The van der Waals surface area contributed by atoms with Crippen LogP contribution in [0.15, 0.2) is 35.0 Å². The molecule has 17 heavy (non-hydrogen) atoms. The van der Waals surface area contributed by atoms with Crippen LogP contribution in [0.2, 0.25) is 0 Å². The summed E-state index contributed by atoms with van der Waals surface area (Å²) in [6, 6.07) is 5.23. The molecule has 1 amide bonds. The lowest BCUT2D eigenvalue weighted by Crippen LogP contribution is -2.23. The molecule has 0 fully saturated rings. The molecule has 0 aliphatic heterocycles.